The molecule has 1 N–H and O–H groups in total. The van der Waals surface area contributed by atoms with E-state index in [9.17, 15) is 13.6 Å². The van der Waals surface area contributed by atoms with Crippen LogP contribution in [-0.4, -0.2) is 18.6 Å². The number of halogens is 2. The molecule has 0 unspecified atom stereocenters. The van der Waals surface area contributed by atoms with E-state index < -0.39 is 23.0 Å². The number of amides is 1. The standard InChI is InChI=1S/C17H22F2N2O2/c1-11(21-16(22)14(8-20)17(2,3)4)9-23-10-12-7-13(18)5-6-15(12)19/h5-7,11,14H,9-10H2,1-4H3,(H,21,22)/t11-,14+/m1/s1. The SMILES string of the molecule is C[C@H](COCc1cc(F)ccc1F)NC(=O)[C@H](C#N)C(C)(C)C. The first-order valence-electron chi connectivity index (χ1n) is 7.36. The molecule has 1 aromatic carbocycles. The molecular formula is C17H22F2N2O2. The van der Waals surface area contributed by atoms with Gasteiger partial charge >= 0.3 is 0 Å². The summed E-state index contributed by atoms with van der Waals surface area (Å²) in [4.78, 5) is 12.1. The van der Waals surface area contributed by atoms with Crippen molar-refractivity contribution >= 4 is 5.91 Å². The van der Waals surface area contributed by atoms with Gasteiger partial charge in [-0.1, -0.05) is 20.8 Å². The Balaban J connectivity index is 2.48. The summed E-state index contributed by atoms with van der Waals surface area (Å²) in [5.41, 5.74) is -0.350. The second-order valence-electron chi connectivity index (χ2n) is 6.59. The Morgan fingerprint density at radius 1 is 1.39 bits per heavy atom. The number of hydrogen-bond donors (Lipinski definition) is 1. The molecule has 0 bridgehead atoms. The molecule has 0 heterocycles. The van der Waals surface area contributed by atoms with E-state index in [0.29, 0.717) is 0 Å². The Hall–Kier alpha value is -2.00. The van der Waals surface area contributed by atoms with Gasteiger partial charge in [-0.3, -0.25) is 4.79 Å². The maximum Gasteiger partial charge on any atom is 0.238 e. The van der Waals surface area contributed by atoms with Crippen LogP contribution in [0.5, 0.6) is 0 Å². The van der Waals surface area contributed by atoms with Crippen LogP contribution in [0.25, 0.3) is 0 Å². The molecule has 0 saturated heterocycles. The summed E-state index contributed by atoms with van der Waals surface area (Å²) in [6.07, 6.45) is 0. The molecule has 0 spiro atoms. The third kappa shape index (κ3) is 5.95. The minimum atomic E-state index is -0.773. The minimum absolute atomic E-state index is 0.0925. The summed E-state index contributed by atoms with van der Waals surface area (Å²) >= 11 is 0. The molecule has 0 aliphatic heterocycles. The van der Waals surface area contributed by atoms with Crippen molar-refractivity contribution in [2.24, 2.45) is 11.3 Å². The molecule has 0 aliphatic rings. The van der Waals surface area contributed by atoms with Crippen LogP contribution in [0, 0.1) is 34.3 Å². The molecule has 1 amide bonds. The van der Waals surface area contributed by atoms with E-state index >= 15 is 0 Å². The first kappa shape index (κ1) is 19.0. The van der Waals surface area contributed by atoms with Gasteiger partial charge in [0.05, 0.1) is 19.3 Å². The molecule has 1 aromatic rings. The summed E-state index contributed by atoms with van der Waals surface area (Å²) in [6.45, 7) is 7.20. The molecule has 0 radical (unpaired) electrons. The fourth-order valence-corrected chi connectivity index (χ4v) is 2.01. The highest BCUT2D eigenvalue weighted by atomic mass is 19.1. The second-order valence-corrected chi connectivity index (χ2v) is 6.59. The van der Waals surface area contributed by atoms with Crippen LogP contribution in [0.3, 0.4) is 0 Å². The summed E-state index contributed by atoms with van der Waals surface area (Å²) in [7, 11) is 0. The van der Waals surface area contributed by atoms with Gasteiger partial charge in [0, 0.05) is 11.6 Å². The molecule has 0 aliphatic carbocycles. The lowest BCUT2D eigenvalue weighted by atomic mass is 9.81. The number of benzene rings is 1. The van der Waals surface area contributed by atoms with E-state index in [2.05, 4.69) is 5.32 Å². The van der Waals surface area contributed by atoms with E-state index in [-0.39, 0.29) is 30.7 Å². The number of ether oxygens (including phenoxy) is 1. The average Bonchev–Trinajstić information content (AvgIpc) is 2.41. The zero-order valence-corrected chi connectivity index (χ0v) is 13.8. The first-order valence-corrected chi connectivity index (χ1v) is 7.36. The molecule has 2 atom stereocenters. The summed E-state index contributed by atoms with van der Waals surface area (Å²) in [6, 6.07) is 4.80. The number of nitrogens with zero attached hydrogens (tertiary/aromatic N) is 1. The highest BCUT2D eigenvalue weighted by Crippen LogP contribution is 2.25. The third-order valence-electron chi connectivity index (χ3n) is 3.28. The maximum absolute atomic E-state index is 13.4. The van der Waals surface area contributed by atoms with Gasteiger partial charge in [0.2, 0.25) is 5.91 Å². The van der Waals surface area contributed by atoms with E-state index in [0.717, 1.165) is 18.2 Å². The number of carbonyl (C=O) groups is 1. The molecule has 1 rings (SSSR count). The van der Waals surface area contributed by atoms with Crippen LogP contribution in [0.4, 0.5) is 8.78 Å². The van der Waals surface area contributed by atoms with Crippen molar-refractivity contribution < 1.29 is 18.3 Å². The number of carbonyl (C=O) groups excluding carboxylic acids is 1. The quantitative estimate of drug-likeness (QED) is 0.874. The van der Waals surface area contributed by atoms with Gasteiger partial charge in [0.15, 0.2) is 0 Å². The van der Waals surface area contributed by atoms with Crippen molar-refractivity contribution in [2.75, 3.05) is 6.61 Å². The van der Waals surface area contributed by atoms with Crippen molar-refractivity contribution in [1.29, 1.82) is 5.26 Å². The molecule has 0 fully saturated rings. The lowest BCUT2D eigenvalue weighted by molar-refractivity contribution is -0.127. The Morgan fingerprint density at radius 2 is 2.04 bits per heavy atom. The zero-order valence-electron chi connectivity index (χ0n) is 13.8. The minimum Gasteiger partial charge on any atom is -0.375 e. The molecule has 6 heteroatoms. The van der Waals surface area contributed by atoms with E-state index in [1.54, 1.807) is 6.92 Å². The molecule has 0 aromatic heterocycles. The van der Waals surface area contributed by atoms with Crippen LogP contribution >= 0.6 is 0 Å². The second kappa shape index (κ2) is 8.02. The van der Waals surface area contributed by atoms with Gasteiger partial charge in [-0.2, -0.15) is 5.26 Å². The Labute approximate surface area is 135 Å². The van der Waals surface area contributed by atoms with Crippen LogP contribution < -0.4 is 5.32 Å². The zero-order chi connectivity index (χ0) is 17.6. The number of nitrogens with one attached hydrogen (secondary N) is 1. The van der Waals surface area contributed by atoms with Gasteiger partial charge in [0.1, 0.15) is 17.6 Å². The van der Waals surface area contributed by atoms with Gasteiger partial charge in [-0.15, -0.1) is 0 Å². The van der Waals surface area contributed by atoms with Crippen LogP contribution in [-0.2, 0) is 16.1 Å². The number of hydrogen-bond acceptors (Lipinski definition) is 3. The molecule has 0 saturated carbocycles. The van der Waals surface area contributed by atoms with Crippen molar-refractivity contribution in [3.63, 3.8) is 0 Å². The van der Waals surface area contributed by atoms with E-state index in [4.69, 9.17) is 10.00 Å². The first-order chi connectivity index (χ1) is 10.6. The number of rotatable bonds is 6. The maximum atomic E-state index is 13.4. The predicted octanol–water partition coefficient (Wildman–Crippen LogP) is 3.17. The van der Waals surface area contributed by atoms with Crippen LogP contribution in [0.2, 0.25) is 0 Å². The monoisotopic (exact) mass is 324 g/mol. The van der Waals surface area contributed by atoms with E-state index in [1.807, 2.05) is 26.8 Å². The normalized spacial score (nSPS) is 14.0. The molecule has 23 heavy (non-hydrogen) atoms. The van der Waals surface area contributed by atoms with Gasteiger partial charge in [-0.05, 0) is 30.5 Å². The average molecular weight is 324 g/mol. The van der Waals surface area contributed by atoms with Crippen molar-refractivity contribution in [3.8, 4) is 6.07 Å². The van der Waals surface area contributed by atoms with Gasteiger partial charge in [-0.25, -0.2) is 8.78 Å². The summed E-state index contributed by atoms with van der Waals surface area (Å²) in [5.74, 6) is -2.22. The van der Waals surface area contributed by atoms with Crippen LogP contribution in [0.1, 0.15) is 33.3 Å². The molecular weight excluding hydrogens is 302 g/mol. The molecule has 4 nitrogen and oxygen atoms in total. The van der Waals surface area contributed by atoms with Gasteiger partial charge < -0.3 is 10.1 Å². The van der Waals surface area contributed by atoms with E-state index in [1.165, 1.54) is 0 Å². The topological polar surface area (TPSA) is 62.1 Å². The Kier molecular flexibility index (Phi) is 6.64. The third-order valence-corrected chi connectivity index (χ3v) is 3.28. The highest BCUT2D eigenvalue weighted by Gasteiger charge is 2.31. The van der Waals surface area contributed by atoms with Crippen LogP contribution in [0.15, 0.2) is 18.2 Å². The van der Waals surface area contributed by atoms with Gasteiger partial charge in [0.25, 0.3) is 0 Å². The summed E-state index contributed by atoms with van der Waals surface area (Å²) in [5, 5.41) is 11.8. The lowest BCUT2D eigenvalue weighted by Crippen LogP contribution is -2.43. The number of nitriles is 1. The Morgan fingerprint density at radius 3 is 2.61 bits per heavy atom. The fraction of sp³-hybridized carbons (Fsp3) is 0.529. The Bertz CT molecular complexity index is 591. The lowest BCUT2D eigenvalue weighted by Gasteiger charge is -2.25. The van der Waals surface area contributed by atoms with Crippen molar-refractivity contribution in [3.05, 3.63) is 35.4 Å². The molecule has 126 valence electrons. The van der Waals surface area contributed by atoms with Crippen molar-refractivity contribution in [2.45, 2.75) is 40.3 Å². The largest absolute Gasteiger partial charge is 0.375 e. The smallest absolute Gasteiger partial charge is 0.238 e. The highest BCUT2D eigenvalue weighted by molar-refractivity contribution is 5.82. The summed E-state index contributed by atoms with van der Waals surface area (Å²) < 4.78 is 31.8. The van der Waals surface area contributed by atoms with Crippen molar-refractivity contribution in [1.82, 2.24) is 5.32 Å². The fourth-order valence-electron chi connectivity index (χ4n) is 2.01. The predicted molar refractivity (Wildman–Crippen MR) is 82.2 cm³/mol.